The van der Waals surface area contributed by atoms with Gasteiger partial charge in [-0.3, -0.25) is 0 Å². The van der Waals surface area contributed by atoms with E-state index in [1.54, 1.807) is 0 Å². The van der Waals surface area contributed by atoms with Gasteiger partial charge in [-0.25, -0.2) is 0 Å². The minimum absolute atomic E-state index is 0.319. The van der Waals surface area contributed by atoms with E-state index in [2.05, 4.69) is 43.3 Å². The standard InChI is InChI=1S/C14H13N/c1-11(8-9-15)13-7-6-12-4-2-3-5-14(12)10-13/h2-7,10-11H,8H2,1H3/t11-/m0/s1. The van der Waals surface area contributed by atoms with Crippen LogP contribution >= 0.6 is 0 Å². The lowest BCUT2D eigenvalue weighted by atomic mass is 9.96. The van der Waals surface area contributed by atoms with Gasteiger partial charge in [0.1, 0.15) is 0 Å². The molecule has 0 heterocycles. The van der Waals surface area contributed by atoms with Crippen molar-refractivity contribution in [2.45, 2.75) is 19.3 Å². The highest BCUT2D eigenvalue weighted by Crippen LogP contribution is 2.23. The highest BCUT2D eigenvalue weighted by Gasteiger charge is 2.04. The van der Waals surface area contributed by atoms with E-state index < -0.39 is 0 Å². The first-order valence-corrected chi connectivity index (χ1v) is 5.17. The van der Waals surface area contributed by atoms with Gasteiger partial charge in [0.25, 0.3) is 0 Å². The zero-order valence-corrected chi connectivity index (χ0v) is 8.77. The first kappa shape index (κ1) is 9.73. The summed E-state index contributed by atoms with van der Waals surface area (Å²) in [6.07, 6.45) is 0.582. The van der Waals surface area contributed by atoms with Crippen LogP contribution in [0, 0.1) is 11.3 Å². The normalized spacial score (nSPS) is 12.3. The van der Waals surface area contributed by atoms with Crippen LogP contribution in [-0.2, 0) is 0 Å². The first-order chi connectivity index (χ1) is 7.31. The Balaban J connectivity index is 2.43. The molecule has 0 amide bonds. The molecule has 0 aliphatic rings. The molecule has 1 heteroatoms. The summed E-state index contributed by atoms with van der Waals surface area (Å²) in [5, 5.41) is 11.2. The first-order valence-electron chi connectivity index (χ1n) is 5.17. The highest BCUT2D eigenvalue weighted by molar-refractivity contribution is 5.83. The van der Waals surface area contributed by atoms with Gasteiger partial charge in [-0.1, -0.05) is 49.4 Å². The molecule has 0 fully saturated rings. The molecule has 0 saturated carbocycles. The van der Waals surface area contributed by atoms with E-state index >= 15 is 0 Å². The molecule has 0 spiro atoms. The predicted octanol–water partition coefficient (Wildman–Crippen LogP) is 3.86. The number of nitrogens with zero attached hydrogens (tertiary/aromatic N) is 1. The van der Waals surface area contributed by atoms with Crippen molar-refractivity contribution in [2.75, 3.05) is 0 Å². The van der Waals surface area contributed by atoms with Crippen LogP contribution in [0.25, 0.3) is 10.8 Å². The lowest BCUT2D eigenvalue weighted by Crippen LogP contribution is -1.91. The predicted molar refractivity (Wildman–Crippen MR) is 62.6 cm³/mol. The molecule has 2 rings (SSSR count). The second-order valence-electron chi connectivity index (χ2n) is 3.87. The van der Waals surface area contributed by atoms with Crippen LogP contribution in [0.2, 0.25) is 0 Å². The van der Waals surface area contributed by atoms with Gasteiger partial charge < -0.3 is 0 Å². The molecule has 74 valence electrons. The van der Waals surface area contributed by atoms with Gasteiger partial charge in [0.2, 0.25) is 0 Å². The van der Waals surface area contributed by atoms with E-state index in [1.807, 2.05) is 12.1 Å². The Labute approximate surface area is 90.0 Å². The number of nitriles is 1. The van der Waals surface area contributed by atoms with Crippen LogP contribution in [0.5, 0.6) is 0 Å². The molecule has 0 aromatic heterocycles. The van der Waals surface area contributed by atoms with Gasteiger partial charge in [-0.15, -0.1) is 0 Å². The average molecular weight is 195 g/mol. The molecular weight excluding hydrogens is 182 g/mol. The smallest absolute Gasteiger partial charge is 0.0628 e. The Bertz CT molecular complexity index is 508. The van der Waals surface area contributed by atoms with E-state index in [-0.39, 0.29) is 0 Å². The van der Waals surface area contributed by atoms with E-state index in [1.165, 1.54) is 16.3 Å². The summed E-state index contributed by atoms with van der Waals surface area (Å²) in [6.45, 7) is 2.09. The van der Waals surface area contributed by atoms with E-state index in [0.717, 1.165) is 0 Å². The third kappa shape index (κ3) is 1.99. The van der Waals surface area contributed by atoms with E-state index in [9.17, 15) is 0 Å². The molecule has 1 atom stereocenters. The second-order valence-corrected chi connectivity index (χ2v) is 3.87. The SMILES string of the molecule is C[C@@H](CC#N)c1ccc2ccccc2c1. The van der Waals surface area contributed by atoms with Crippen LogP contribution in [0.3, 0.4) is 0 Å². The fraction of sp³-hybridized carbons (Fsp3) is 0.214. The molecule has 0 radical (unpaired) electrons. The van der Waals surface area contributed by atoms with E-state index in [4.69, 9.17) is 5.26 Å². The molecule has 15 heavy (non-hydrogen) atoms. The molecule has 2 aromatic carbocycles. The Morgan fingerprint density at radius 1 is 1.13 bits per heavy atom. The molecule has 2 aromatic rings. The maximum atomic E-state index is 8.66. The van der Waals surface area contributed by atoms with Crippen LogP contribution in [0.15, 0.2) is 42.5 Å². The maximum Gasteiger partial charge on any atom is 0.0628 e. The van der Waals surface area contributed by atoms with Crippen molar-refractivity contribution < 1.29 is 0 Å². The minimum Gasteiger partial charge on any atom is -0.198 e. The second kappa shape index (κ2) is 4.14. The van der Waals surface area contributed by atoms with Crippen molar-refractivity contribution >= 4 is 10.8 Å². The van der Waals surface area contributed by atoms with Gasteiger partial charge in [0.15, 0.2) is 0 Å². The summed E-state index contributed by atoms with van der Waals surface area (Å²) in [6, 6.07) is 16.9. The fourth-order valence-electron chi connectivity index (χ4n) is 1.77. The quantitative estimate of drug-likeness (QED) is 0.713. The maximum absolute atomic E-state index is 8.66. The Hall–Kier alpha value is -1.81. The van der Waals surface area contributed by atoms with Gasteiger partial charge in [0.05, 0.1) is 6.07 Å². The van der Waals surface area contributed by atoms with Gasteiger partial charge in [-0.2, -0.15) is 5.26 Å². The average Bonchev–Trinajstić information content (AvgIpc) is 2.29. The monoisotopic (exact) mass is 195 g/mol. The zero-order valence-electron chi connectivity index (χ0n) is 8.77. The van der Waals surface area contributed by atoms with Gasteiger partial charge in [-0.05, 0) is 22.3 Å². The molecule has 1 nitrogen and oxygen atoms in total. The van der Waals surface area contributed by atoms with Gasteiger partial charge >= 0.3 is 0 Å². The lowest BCUT2D eigenvalue weighted by molar-refractivity contribution is 0.790. The highest BCUT2D eigenvalue weighted by atomic mass is 14.2. The molecule has 0 N–H and O–H groups in total. The summed E-state index contributed by atoms with van der Waals surface area (Å²) < 4.78 is 0. The molecular formula is C14H13N. The Kier molecular flexibility index (Phi) is 2.69. The molecule has 0 saturated heterocycles. The van der Waals surface area contributed by atoms with Crippen molar-refractivity contribution in [3.8, 4) is 6.07 Å². The van der Waals surface area contributed by atoms with E-state index in [0.29, 0.717) is 12.3 Å². The van der Waals surface area contributed by atoms with Crippen LogP contribution in [0.4, 0.5) is 0 Å². The number of hydrogen-bond acceptors (Lipinski definition) is 1. The van der Waals surface area contributed by atoms with Crippen molar-refractivity contribution in [1.82, 2.24) is 0 Å². The van der Waals surface area contributed by atoms with Crippen molar-refractivity contribution in [1.29, 1.82) is 5.26 Å². The van der Waals surface area contributed by atoms with Gasteiger partial charge in [0, 0.05) is 6.42 Å². The summed E-state index contributed by atoms with van der Waals surface area (Å²) in [5.41, 5.74) is 1.25. The van der Waals surface area contributed by atoms with Crippen LogP contribution in [-0.4, -0.2) is 0 Å². The topological polar surface area (TPSA) is 23.8 Å². The van der Waals surface area contributed by atoms with Crippen molar-refractivity contribution in [2.24, 2.45) is 0 Å². The molecule has 0 aliphatic carbocycles. The minimum atomic E-state index is 0.319. The van der Waals surface area contributed by atoms with Crippen molar-refractivity contribution in [3.05, 3.63) is 48.0 Å². The number of benzene rings is 2. The lowest BCUT2D eigenvalue weighted by Gasteiger charge is -2.08. The largest absolute Gasteiger partial charge is 0.198 e. The molecule has 0 aliphatic heterocycles. The van der Waals surface area contributed by atoms with Crippen molar-refractivity contribution in [3.63, 3.8) is 0 Å². The van der Waals surface area contributed by atoms with Crippen LogP contribution < -0.4 is 0 Å². The molecule has 0 bridgehead atoms. The summed E-state index contributed by atoms with van der Waals surface area (Å²) in [7, 11) is 0. The zero-order chi connectivity index (χ0) is 10.7. The third-order valence-electron chi connectivity index (χ3n) is 2.74. The Morgan fingerprint density at radius 3 is 2.60 bits per heavy atom. The summed E-state index contributed by atoms with van der Waals surface area (Å²) >= 11 is 0. The number of fused-ring (bicyclic) bond motifs is 1. The summed E-state index contributed by atoms with van der Waals surface area (Å²) in [5.74, 6) is 0.319. The summed E-state index contributed by atoms with van der Waals surface area (Å²) in [4.78, 5) is 0. The number of rotatable bonds is 2. The third-order valence-corrected chi connectivity index (χ3v) is 2.74. The number of hydrogen-bond donors (Lipinski definition) is 0. The Morgan fingerprint density at radius 2 is 1.87 bits per heavy atom. The fourth-order valence-corrected chi connectivity index (χ4v) is 1.77. The molecule has 0 unspecified atom stereocenters. The van der Waals surface area contributed by atoms with Crippen LogP contribution in [0.1, 0.15) is 24.8 Å².